The van der Waals surface area contributed by atoms with Gasteiger partial charge in [0.15, 0.2) is 6.61 Å². The molecule has 29 heavy (non-hydrogen) atoms. The van der Waals surface area contributed by atoms with Crippen molar-refractivity contribution in [2.75, 3.05) is 13.2 Å². The van der Waals surface area contributed by atoms with Gasteiger partial charge >= 0.3 is 0 Å². The van der Waals surface area contributed by atoms with Crippen molar-refractivity contribution in [3.8, 4) is 5.75 Å². The third-order valence-electron chi connectivity index (χ3n) is 5.03. The highest BCUT2D eigenvalue weighted by atomic mass is 16.5. The molecule has 0 aliphatic rings. The molecule has 2 amide bonds. The molecule has 0 fully saturated rings. The monoisotopic (exact) mass is 396 g/mol. The number of benzene rings is 2. The Labute approximate surface area is 174 Å². The molecule has 1 N–H and O–H groups in total. The van der Waals surface area contributed by atoms with E-state index in [-0.39, 0.29) is 18.4 Å². The Balaban J connectivity index is 2.16. The first-order valence-corrected chi connectivity index (χ1v) is 10.1. The molecular weight excluding hydrogens is 364 g/mol. The summed E-state index contributed by atoms with van der Waals surface area (Å²) < 4.78 is 5.87. The van der Waals surface area contributed by atoms with Gasteiger partial charge in [-0.15, -0.1) is 0 Å². The Morgan fingerprint density at radius 1 is 1.10 bits per heavy atom. The minimum atomic E-state index is -0.585. The zero-order chi connectivity index (χ0) is 21.4. The summed E-state index contributed by atoms with van der Waals surface area (Å²) in [6, 6.07) is 13.1. The first kappa shape index (κ1) is 22.5. The number of carbonyl (C=O) groups is 2. The van der Waals surface area contributed by atoms with E-state index in [4.69, 9.17) is 4.74 Å². The number of hydrogen-bond acceptors (Lipinski definition) is 3. The van der Waals surface area contributed by atoms with Gasteiger partial charge in [0.25, 0.3) is 5.91 Å². The van der Waals surface area contributed by atoms with E-state index in [2.05, 4.69) is 11.4 Å². The summed E-state index contributed by atoms with van der Waals surface area (Å²) in [6.45, 7) is 10.6. The summed E-state index contributed by atoms with van der Waals surface area (Å²) >= 11 is 0. The van der Waals surface area contributed by atoms with Crippen molar-refractivity contribution in [3.63, 3.8) is 0 Å². The lowest BCUT2D eigenvalue weighted by Crippen LogP contribution is -2.49. The van der Waals surface area contributed by atoms with Crippen LogP contribution in [0.2, 0.25) is 0 Å². The number of ether oxygens (including phenoxy) is 1. The first-order chi connectivity index (χ1) is 13.8. The maximum Gasteiger partial charge on any atom is 0.261 e. The highest BCUT2D eigenvalue weighted by Gasteiger charge is 2.26. The second-order valence-electron chi connectivity index (χ2n) is 7.47. The van der Waals surface area contributed by atoms with Gasteiger partial charge in [-0.05, 0) is 62.4 Å². The number of amides is 2. The number of carbonyl (C=O) groups excluding carboxylic acids is 2. The van der Waals surface area contributed by atoms with E-state index in [1.165, 1.54) is 0 Å². The van der Waals surface area contributed by atoms with E-state index in [1.54, 1.807) is 11.8 Å². The lowest BCUT2D eigenvalue weighted by atomic mass is 10.1. The summed E-state index contributed by atoms with van der Waals surface area (Å²) in [6.07, 6.45) is 0.847. The summed E-state index contributed by atoms with van der Waals surface area (Å²) in [5.74, 6) is 0.337. The molecule has 0 aromatic heterocycles. The van der Waals surface area contributed by atoms with Crippen LogP contribution in [0.3, 0.4) is 0 Å². The third-order valence-corrected chi connectivity index (χ3v) is 5.03. The standard InChI is InChI=1S/C24H32N2O3/c1-6-12-25-24(28)20(5)26(15-21-10-8-7-9-11-21)23(27)16-29-22-14-17(2)13-18(3)19(22)4/h7-11,13-14,20H,6,12,15-16H2,1-5H3,(H,25,28). The van der Waals surface area contributed by atoms with Crippen LogP contribution < -0.4 is 10.1 Å². The van der Waals surface area contributed by atoms with Gasteiger partial charge in [0.1, 0.15) is 11.8 Å². The van der Waals surface area contributed by atoms with E-state index in [0.29, 0.717) is 18.8 Å². The number of nitrogens with zero attached hydrogens (tertiary/aromatic N) is 1. The quantitative estimate of drug-likeness (QED) is 0.699. The molecule has 156 valence electrons. The SMILES string of the molecule is CCCNC(=O)C(C)N(Cc1ccccc1)C(=O)COc1cc(C)cc(C)c1C. The van der Waals surface area contributed by atoms with Gasteiger partial charge in [-0.2, -0.15) is 0 Å². The molecule has 5 heteroatoms. The molecule has 1 atom stereocenters. The molecule has 0 heterocycles. The Kier molecular flexibility index (Phi) is 8.25. The zero-order valence-electron chi connectivity index (χ0n) is 18.1. The normalized spacial score (nSPS) is 11.6. The topological polar surface area (TPSA) is 58.6 Å². The summed E-state index contributed by atoms with van der Waals surface area (Å²) in [5, 5.41) is 2.88. The fourth-order valence-corrected chi connectivity index (χ4v) is 3.13. The maximum absolute atomic E-state index is 13.0. The number of aryl methyl sites for hydroxylation is 2. The van der Waals surface area contributed by atoms with E-state index in [1.807, 2.05) is 64.1 Å². The van der Waals surface area contributed by atoms with Crippen molar-refractivity contribution >= 4 is 11.8 Å². The molecule has 2 rings (SSSR count). The van der Waals surface area contributed by atoms with Crippen molar-refractivity contribution in [1.29, 1.82) is 0 Å². The Bertz CT molecular complexity index is 834. The number of rotatable bonds is 9. The predicted molar refractivity (Wildman–Crippen MR) is 116 cm³/mol. The van der Waals surface area contributed by atoms with Gasteiger partial charge < -0.3 is 15.0 Å². The number of nitrogens with one attached hydrogen (secondary N) is 1. The van der Waals surface area contributed by atoms with Crippen LogP contribution in [0.15, 0.2) is 42.5 Å². The smallest absolute Gasteiger partial charge is 0.261 e. The van der Waals surface area contributed by atoms with Gasteiger partial charge in [0.05, 0.1) is 0 Å². The second-order valence-corrected chi connectivity index (χ2v) is 7.47. The van der Waals surface area contributed by atoms with Crippen molar-refractivity contribution in [2.24, 2.45) is 0 Å². The molecule has 0 spiro atoms. The van der Waals surface area contributed by atoms with Crippen molar-refractivity contribution in [1.82, 2.24) is 10.2 Å². The van der Waals surface area contributed by atoms with Crippen LogP contribution in [-0.4, -0.2) is 35.9 Å². The van der Waals surface area contributed by atoms with Gasteiger partial charge in [0.2, 0.25) is 5.91 Å². The summed E-state index contributed by atoms with van der Waals surface area (Å²) in [7, 11) is 0. The maximum atomic E-state index is 13.0. The highest BCUT2D eigenvalue weighted by Crippen LogP contribution is 2.23. The largest absolute Gasteiger partial charge is 0.483 e. The van der Waals surface area contributed by atoms with Gasteiger partial charge in [-0.1, -0.05) is 43.3 Å². The minimum Gasteiger partial charge on any atom is -0.483 e. The van der Waals surface area contributed by atoms with E-state index < -0.39 is 6.04 Å². The van der Waals surface area contributed by atoms with Gasteiger partial charge in [0, 0.05) is 13.1 Å². The summed E-state index contributed by atoms with van der Waals surface area (Å²) in [4.78, 5) is 27.1. The van der Waals surface area contributed by atoms with Crippen molar-refractivity contribution in [2.45, 2.75) is 53.6 Å². The Hall–Kier alpha value is -2.82. The van der Waals surface area contributed by atoms with Crippen LogP contribution in [0.1, 0.15) is 42.5 Å². The fraction of sp³-hybridized carbons (Fsp3) is 0.417. The molecule has 1 unspecified atom stereocenters. The zero-order valence-corrected chi connectivity index (χ0v) is 18.1. The minimum absolute atomic E-state index is 0.109. The summed E-state index contributed by atoms with van der Waals surface area (Å²) in [5.41, 5.74) is 4.20. The molecule has 0 saturated carbocycles. The second kappa shape index (κ2) is 10.6. The first-order valence-electron chi connectivity index (χ1n) is 10.1. The third kappa shape index (κ3) is 6.34. The molecule has 2 aromatic rings. The van der Waals surface area contributed by atoms with Crippen molar-refractivity contribution < 1.29 is 14.3 Å². The molecule has 0 saturated heterocycles. The van der Waals surface area contributed by atoms with Gasteiger partial charge in [-0.25, -0.2) is 0 Å². The highest BCUT2D eigenvalue weighted by molar-refractivity contribution is 5.88. The average molecular weight is 397 g/mol. The number of hydrogen-bond donors (Lipinski definition) is 1. The molecule has 0 radical (unpaired) electrons. The van der Waals surface area contributed by atoms with Crippen molar-refractivity contribution in [3.05, 3.63) is 64.7 Å². The predicted octanol–water partition coefficient (Wildman–Crippen LogP) is 3.93. The molecule has 0 aliphatic heterocycles. The molecule has 0 bridgehead atoms. The molecule has 0 aliphatic carbocycles. The van der Waals surface area contributed by atoms with E-state index in [0.717, 1.165) is 28.7 Å². The molecular formula is C24H32N2O3. The van der Waals surface area contributed by atoms with Crippen LogP contribution in [-0.2, 0) is 16.1 Å². The molecule has 5 nitrogen and oxygen atoms in total. The lowest BCUT2D eigenvalue weighted by Gasteiger charge is -2.29. The Morgan fingerprint density at radius 3 is 2.45 bits per heavy atom. The van der Waals surface area contributed by atoms with Crippen LogP contribution in [0, 0.1) is 20.8 Å². The van der Waals surface area contributed by atoms with E-state index >= 15 is 0 Å². The molecule has 2 aromatic carbocycles. The Morgan fingerprint density at radius 2 is 1.79 bits per heavy atom. The fourth-order valence-electron chi connectivity index (χ4n) is 3.13. The van der Waals surface area contributed by atoms with E-state index in [9.17, 15) is 9.59 Å². The van der Waals surface area contributed by atoms with Crippen LogP contribution in [0.25, 0.3) is 0 Å². The lowest BCUT2D eigenvalue weighted by molar-refractivity contribution is -0.142. The van der Waals surface area contributed by atoms with Crippen LogP contribution >= 0.6 is 0 Å². The van der Waals surface area contributed by atoms with Crippen LogP contribution in [0.4, 0.5) is 0 Å². The van der Waals surface area contributed by atoms with Gasteiger partial charge in [-0.3, -0.25) is 9.59 Å². The average Bonchev–Trinajstić information content (AvgIpc) is 2.71. The van der Waals surface area contributed by atoms with Crippen LogP contribution in [0.5, 0.6) is 5.75 Å².